The minimum Gasteiger partial charge on any atom is -0.356 e. The van der Waals surface area contributed by atoms with Gasteiger partial charge in [-0.05, 0) is 11.6 Å². The Morgan fingerprint density at radius 2 is 1.90 bits per heavy atom. The molecule has 2 aromatic rings. The van der Waals surface area contributed by atoms with Crippen LogP contribution in [0.25, 0.3) is 0 Å². The van der Waals surface area contributed by atoms with Gasteiger partial charge in [-0.3, -0.25) is 14.9 Å². The molecule has 1 saturated heterocycles. The second-order valence-corrected chi connectivity index (χ2v) is 4.68. The molecule has 1 aliphatic rings. The van der Waals surface area contributed by atoms with Gasteiger partial charge in [-0.2, -0.15) is 4.39 Å². The second kappa shape index (κ2) is 5.06. The first kappa shape index (κ1) is 13.4. The van der Waals surface area contributed by atoms with Crippen molar-refractivity contribution in [1.29, 1.82) is 0 Å². The van der Waals surface area contributed by atoms with E-state index < -0.39 is 28.6 Å². The van der Waals surface area contributed by atoms with E-state index in [1.807, 2.05) is 0 Å². The van der Waals surface area contributed by atoms with Gasteiger partial charge in [0.25, 0.3) is 0 Å². The first-order chi connectivity index (χ1) is 10.1. The van der Waals surface area contributed by atoms with E-state index in [1.54, 1.807) is 30.3 Å². The first-order valence-corrected chi connectivity index (χ1v) is 6.26. The second-order valence-electron chi connectivity index (χ2n) is 4.68. The molecule has 0 spiro atoms. The minimum atomic E-state index is -0.907. The summed E-state index contributed by atoms with van der Waals surface area (Å²) in [5.74, 6) is -1.09. The molecule has 3 rings (SSSR count). The van der Waals surface area contributed by atoms with E-state index in [4.69, 9.17) is 4.74 Å². The van der Waals surface area contributed by atoms with Crippen LogP contribution in [0.1, 0.15) is 22.0 Å². The number of nitro benzene ring substituents is 1. The van der Waals surface area contributed by atoms with Crippen LogP contribution in [0.2, 0.25) is 0 Å². The van der Waals surface area contributed by atoms with E-state index in [-0.39, 0.29) is 5.78 Å². The summed E-state index contributed by atoms with van der Waals surface area (Å²) in [4.78, 5) is 22.1. The molecular weight excluding hydrogens is 277 g/mol. The van der Waals surface area contributed by atoms with E-state index >= 15 is 0 Å². The summed E-state index contributed by atoms with van der Waals surface area (Å²) in [6.07, 6.45) is -1.23. The third kappa shape index (κ3) is 2.53. The van der Waals surface area contributed by atoms with Gasteiger partial charge in [0, 0.05) is 11.6 Å². The quantitative estimate of drug-likeness (QED) is 0.375. The van der Waals surface area contributed by atoms with Crippen molar-refractivity contribution < 1.29 is 18.8 Å². The predicted molar refractivity (Wildman–Crippen MR) is 71.4 cm³/mol. The zero-order chi connectivity index (χ0) is 15.0. The Morgan fingerprint density at radius 1 is 1.19 bits per heavy atom. The van der Waals surface area contributed by atoms with Crippen LogP contribution in [0, 0.1) is 15.9 Å². The number of nitro groups is 1. The first-order valence-electron chi connectivity index (χ1n) is 6.26. The summed E-state index contributed by atoms with van der Waals surface area (Å²) in [5.41, 5.74) is 0.327. The van der Waals surface area contributed by atoms with Gasteiger partial charge in [0.05, 0.1) is 4.92 Å². The summed E-state index contributed by atoms with van der Waals surface area (Å²) in [6.45, 7) is 0. The maximum atomic E-state index is 13.3. The van der Waals surface area contributed by atoms with Crippen LogP contribution >= 0.6 is 0 Å². The normalized spacial score (nSPS) is 20.0. The van der Waals surface area contributed by atoms with E-state index in [2.05, 4.69) is 0 Å². The maximum absolute atomic E-state index is 13.3. The van der Waals surface area contributed by atoms with Crippen molar-refractivity contribution in [2.24, 2.45) is 0 Å². The fraction of sp³-hybridized carbons (Fsp3) is 0.133. The number of hydrogen-bond acceptors (Lipinski definition) is 4. The molecule has 5 nitrogen and oxygen atoms in total. The smallest absolute Gasteiger partial charge is 0.305 e. The van der Waals surface area contributed by atoms with Crippen LogP contribution in [-0.4, -0.2) is 16.8 Å². The van der Waals surface area contributed by atoms with E-state index in [9.17, 15) is 19.3 Å². The van der Waals surface area contributed by atoms with Gasteiger partial charge in [0.2, 0.25) is 5.82 Å². The fourth-order valence-corrected chi connectivity index (χ4v) is 2.18. The average molecular weight is 287 g/mol. The topological polar surface area (TPSA) is 72.7 Å². The number of ether oxygens (including phenoxy) is 1. The van der Waals surface area contributed by atoms with Crippen LogP contribution in [0.4, 0.5) is 10.1 Å². The van der Waals surface area contributed by atoms with Crippen LogP contribution in [0.5, 0.6) is 0 Å². The van der Waals surface area contributed by atoms with Gasteiger partial charge < -0.3 is 4.74 Å². The molecule has 0 N–H and O–H groups in total. The number of ketones is 1. The highest BCUT2D eigenvalue weighted by molar-refractivity contribution is 6.01. The van der Waals surface area contributed by atoms with Crippen LogP contribution in [0.15, 0.2) is 48.5 Å². The number of carbonyl (C=O) groups is 1. The number of epoxide rings is 1. The van der Waals surface area contributed by atoms with Crippen LogP contribution < -0.4 is 0 Å². The molecule has 1 heterocycles. The summed E-state index contributed by atoms with van der Waals surface area (Å²) >= 11 is 0. The predicted octanol–water partition coefficient (Wildman–Crippen LogP) is 3.06. The summed E-state index contributed by atoms with van der Waals surface area (Å²) in [7, 11) is 0. The molecule has 2 aromatic carbocycles. The number of hydrogen-bond donors (Lipinski definition) is 0. The van der Waals surface area contributed by atoms with E-state index in [0.717, 1.165) is 12.1 Å². The number of Topliss-reactive ketones (excluding diaryl/α,β-unsaturated/α-hetero) is 1. The molecule has 2 atom stereocenters. The zero-order valence-corrected chi connectivity index (χ0v) is 10.7. The monoisotopic (exact) mass is 287 g/mol. The Hall–Kier alpha value is -2.60. The van der Waals surface area contributed by atoms with Crippen molar-refractivity contribution >= 4 is 11.5 Å². The van der Waals surface area contributed by atoms with Crippen LogP contribution in [-0.2, 0) is 4.74 Å². The largest absolute Gasteiger partial charge is 0.356 e. The van der Waals surface area contributed by atoms with Crippen molar-refractivity contribution in [2.75, 3.05) is 0 Å². The Labute approximate surface area is 119 Å². The van der Waals surface area contributed by atoms with Crippen molar-refractivity contribution in [3.63, 3.8) is 0 Å². The van der Waals surface area contributed by atoms with E-state index in [1.165, 1.54) is 6.07 Å². The molecule has 0 saturated carbocycles. The average Bonchev–Trinajstić information content (AvgIpc) is 3.28. The molecule has 6 heteroatoms. The van der Waals surface area contributed by atoms with Crippen LogP contribution in [0.3, 0.4) is 0 Å². The Morgan fingerprint density at radius 3 is 2.57 bits per heavy atom. The Bertz CT molecular complexity index is 717. The molecule has 21 heavy (non-hydrogen) atoms. The highest BCUT2D eigenvalue weighted by Gasteiger charge is 2.46. The number of carbonyl (C=O) groups excluding carboxylic acids is 1. The van der Waals surface area contributed by atoms with Gasteiger partial charge in [0.1, 0.15) is 6.10 Å². The molecule has 0 aromatic heterocycles. The maximum Gasteiger partial charge on any atom is 0.305 e. The highest BCUT2D eigenvalue weighted by atomic mass is 19.1. The van der Waals surface area contributed by atoms with Gasteiger partial charge in [0.15, 0.2) is 11.9 Å². The number of benzene rings is 2. The lowest BCUT2D eigenvalue weighted by atomic mass is 10.0. The lowest BCUT2D eigenvalue weighted by Gasteiger charge is -1.99. The van der Waals surface area contributed by atoms with Gasteiger partial charge in [-0.25, -0.2) is 0 Å². The van der Waals surface area contributed by atoms with Crippen molar-refractivity contribution in [2.45, 2.75) is 12.2 Å². The fourth-order valence-electron chi connectivity index (χ4n) is 2.18. The number of nitrogens with zero attached hydrogens (tertiary/aromatic N) is 1. The van der Waals surface area contributed by atoms with Gasteiger partial charge >= 0.3 is 5.69 Å². The summed E-state index contributed by atoms with van der Waals surface area (Å²) in [5, 5.41) is 10.7. The molecule has 0 radical (unpaired) electrons. The summed E-state index contributed by atoms with van der Waals surface area (Å²) < 4.78 is 18.6. The Balaban J connectivity index is 1.81. The lowest BCUT2D eigenvalue weighted by Crippen LogP contribution is -2.08. The van der Waals surface area contributed by atoms with Crippen molar-refractivity contribution in [3.05, 3.63) is 75.6 Å². The molecule has 106 valence electrons. The van der Waals surface area contributed by atoms with Crippen molar-refractivity contribution in [1.82, 2.24) is 0 Å². The minimum absolute atomic E-state index is 0.187. The standard InChI is InChI=1S/C15H10FNO4/c16-11-7-6-10(8-12(11)17(19)20)14-15(21-14)13(18)9-4-2-1-3-5-9/h1-8,14-15H/t14-,15-/m1/s1. The number of halogens is 1. The van der Waals surface area contributed by atoms with Gasteiger partial charge in [-0.15, -0.1) is 0 Å². The lowest BCUT2D eigenvalue weighted by molar-refractivity contribution is -0.387. The third-order valence-electron chi connectivity index (χ3n) is 3.30. The summed E-state index contributed by atoms with van der Waals surface area (Å²) in [6, 6.07) is 12.1. The Kier molecular flexibility index (Phi) is 3.23. The molecule has 0 bridgehead atoms. The molecular formula is C15H10FNO4. The highest BCUT2D eigenvalue weighted by Crippen LogP contribution is 2.41. The number of rotatable bonds is 4. The zero-order valence-electron chi connectivity index (χ0n) is 10.7. The third-order valence-corrected chi connectivity index (χ3v) is 3.30. The molecule has 0 unspecified atom stereocenters. The molecule has 1 aliphatic heterocycles. The van der Waals surface area contributed by atoms with E-state index in [0.29, 0.717) is 11.1 Å². The van der Waals surface area contributed by atoms with Gasteiger partial charge in [-0.1, -0.05) is 36.4 Å². The van der Waals surface area contributed by atoms with Crippen molar-refractivity contribution in [3.8, 4) is 0 Å². The molecule has 0 amide bonds. The molecule has 1 fully saturated rings. The molecule has 0 aliphatic carbocycles. The SMILES string of the molecule is O=C(c1ccccc1)[C@H]1O[C@@H]1c1ccc(F)c([N+](=O)[O-])c1.